The van der Waals surface area contributed by atoms with Gasteiger partial charge in [0.05, 0.1) is 11.4 Å². The van der Waals surface area contributed by atoms with Crippen LogP contribution in [0.4, 0.5) is 4.39 Å². The molecular weight excluding hydrogens is 267 g/mol. The average Bonchev–Trinajstić information content (AvgIpc) is 2.45. The molecule has 0 unspecified atom stereocenters. The van der Waals surface area contributed by atoms with Crippen molar-refractivity contribution >= 4 is 0 Å². The van der Waals surface area contributed by atoms with Crippen molar-refractivity contribution in [3.8, 4) is 5.75 Å². The van der Waals surface area contributed by atoms with Crippen molar-refractivity contribution in [3.05, 3.63) is 59.7 Å². The van der Waals surface area contributed by atoms with Crippen LogP contribution in [0.5, 0.6) is 5.75 Å². The minimum Gasteiger partial charge on any atom is -0.487 e. The van der Waals surface area contributed by atoms with Crippen LogP contribution in [0.3, 0.4) is 0 Å². The van der Waals surface area contributed by atoms with Gasteiger partial charge in [-0.25, -0.2) is 4.39 Å². The highest BCUT2D eigenvalue weighted by atomic mass is 19.1. The molecule has 0 aliphatic carbocycles. The van der Waals surface area contributed by atoms with E-state index < -0.39 is 0 Å². The smallest absolute Gasteiger partial charge is 0.130 e. The Balaban J connectivity index is 1.88. The molecule has 1 aromatic carbocycles. The van der Waals surface area contributed by atoms with Crippen LogP contribution < -0.4 is 10.1 Å². The van der Waals surface area contributed by atoms with Gasteiger partial charge in [0.2, 0.25) is 0 Å². The highest BCUT2D eigenvalue weighted by Crippen LogP contribution is 2.13. The van der Waals surface area contributed by atoms with Gasteiger partial charge in [0, 0.05) is 12.6 Å². The molecule has 0 amide bonds. The third kappa shape index (κ3) is 5.52. The first kappa shape index (κ1) is 15.4. The van der Waals surface area contributed by atoms with E-state index in [0.717, 1.165) is 24.5 Å². The third-order valence-corrected chi connectivity index (χ3v) is 2.91. The van der Waals surface area contributed by atoms with Crippen LogP contribution >= 0.6 is 0 Å². The number of hydrogen-bond acceptors (Lipinski definition) is 3. The topological polar surface area (TPSA) is 34.1 Å². The van der Waals surface area contributed by atoms with Crippen molar-refractivity contribution in [2.75, 3.05) is 6.54 Å². The van der Waals surface area contributed by atoms with Crippen LogP contribution in [0.2, 0.25) is 0 Å². The van der Waals surface area contributed by atoms with Gasteiger partial charge >= 0.3 is 0 Å². The summed E-state index contributed by atoms with van der Waals surface area (Å²) in [5.41, 5.74) is 1.82. The second-order valence-corrected chi connectivity index (χ2v) is 5.39. The molecule has 0 saturated heterocycles. The molecule has 112 valence electrons. The molecular formula is C17H21FN2O. The maximum Gasteiger partial charge on any atom is 0.130 e. The Hall–Kier alpha value is -1.94. The molecule has 1 heterocycles. The third-order valence-electron chi connectivity index (χ3n) is 2.91. The zero-order chi connectivity index (χ0) is 15.1. The van der Waals surface area contributed by atoms with Crippen LogP contribution in [0.15, 0.2) is 42.5 Å². The van der Waals surface area contributed by atoms with Crippen molar-refractivity contribution < 1.29 is 9.13 Å². The van der Waals surface area contributed by atoms with Gasteiger partial charge < -0.3 is 10.1 Å². The quantitative estimate of drug-likeness (QED) is 0.846. The number of halogens is 1. The summed E-state index contributed by atoms with van der Waals surface area (Å²) < 4.78 is 18.6. The molecule has 4 heteroatoms. The molecule has 0 aliphatic rings. The minimum absolute atomic E-state index is 0.299. The maximum absolute atomic E-state index is 13.1. The first-order valence-corrected chi connectivity index (χ1v) is 7.17. The Kier molecular flexibility index (Phi) is 5.69. The summed E-state index contributed by atoms with van der Waals surface area (Å²) in [6, 6.07) is 12.0. The van der Waals surface area contributed by atoms with Crippen molar-refractivity contribution in [2.45, 2.75) is 27.0 Å². The molecule has 1 aromatic heterocycles. The monoisotopic (exact) mass is 288 g/mol. The van der Waals surface area contributed by atoms with E-state index in [0.29, 0.717) is 18.3 Å². The lowest BCUT2D eigenvalue weighted by Crippen LogP contribution is -2.19. The minimum atomic E-state index is -0.299. The summed E-state index contributed by atoms with van der Waals surface area (Å²) in [5.74, 6) is 0.830. The van der Waals surface area contributed by atoms with Gasteiger partial charge in [0.15, 0.2) is 0 Å². The SMILES string of the molecule is CC(C)CNCc1cccc(COc2cccc(F)c2)n1. The second-order valence-electron chi connectivity index (χ2n) is 5.39. The van der Waals surface area contributed by atoms with Crippen molar-refractivity contribution in [1.82, 2.24) is 10.3 Å². The predicted molar refractivity (Wildman–Crippen MR) is 81.5 cm³/mol. The van der Waals surface area contributed by atoms with Crippen LogP contribution in [0, 0.1) is 11.7 Å². The second kappa shape index (κ2) is 7.74. The first-order valence-electron chi connectivity index (χ1n) is 7.17. The Bertz CT molecular complexity index is 572. The van der Waals surface area contributed by atoms with Crippen molar-refractivity contribution in [1.29, 1.82) is 0 Å². The number of nitrogens with one attached hydrogen (secondary N) is 1. The summed E-state index contributed by atoms with van der Waals surface area (Å²) >= 11 is 0. The highest BCUT2D eigenvalue weighted by molar-refractivity contribution is 5.22. The fraction of sp³-hybridized carbons (Fsp3) is 0.353. The summed E-state index contributed by atoms with van der Waals surface area (Å²) in [4.78, 5) is 4.53. The van der Waals surface area contributed by atoms with Gasteiger partial charge in [-0.15, -0.1) is 0 Å². The molecule has 0 atom stereocenters. The molecule has 0 spiro atoms. The molecule has 2 aromatic rings. The van der Waals surface area contributed by atoms with E-state index in [4.69, 9.17) is 4.74 Å². The molecule has 0 bridgehead atoms. The van der Waals surface area contributed by atoms with E-state index in [-0.39, 0.29) is 5.82 Å². The number of ether oxygens (including phenoxy) is 1. The fourth-order valence-electron chi connectivity index (χ4n) is 1.91. The van der Waals surface area contributed by atoms with E-state index in [9.17, 15) is 4.39 Å². The predicted octanol–water partition coefficient (Wildman–Crippen LogP) is 3.55. The number of pyridine rings is 1. The van der Waals surface area contributed by atoms with Gasteiger partial charge in [-0.3, -0.25) is 4.98 Å². The normalized spacial score (nSPS) is 10.9. The number of hydrogen-bond donors (Lipinski definition) is 1. The van der Waals surface area contributed by atoms with E-state index in [1.807, 2.05) is 18.2 Å². The van der Waals surface area contributed by atoms with E-state index in [2.05, 4.69) is 24.1 Å². The molecule has 0 saturated carbocycles. The summed E-state index contributed by atoms with van der Waals surface area (Å²) in [6.07, 6.45) is 0. The zero-order valence-corrected chi connectivity index (χ0v) is 12.5. The number of aromatic nitrogens is 1. The molecule has 2 rings (SSSR count). The van der Waals surface area contributed by atoms with Gasteiger partial charge in [-0.2, -0.15) is 0 Å². The van der Waals surface area contributed by atoms with E-state index in [1.165, 1.54) is 12.1 Å². The van der Waals surface area contributed by atoms with Gasteiger partial charge in [-0.1, -0.05) is 26.0 Å². The number of rotatable bonds is 7. The van der Waals surface area contributed by atoms with E-state index >= 15 is 0 Å². The van der Waals surface area contributed by atoms with Crippen molar-refractivity contribution in [3.63, 3.8) is 0 Å². The summed E-state index contributed by atoms with van der Waals surface area (Å²) in [6.45, 7) is 6.38. The zero-order valence-electron chi connectivity index (χ0n) is 12.5. The Morgan fingerprint density at radius 2 is 1.90 bits per heavy atom. The Morgan fingerprint density at radius 3 is 2.67 bits per heavy atom. The Labute approximate surface area is 125 Å². The fourth-order valence-corrected chi connectivity index (χ4v) is 1.91. The molecule has 0 aliphatic heterocycles. The summed E-state index contributed by atoms with van der Waals surface area (Å²) in [7, 11) is 0. The van der Waals surface area contributed by atoms with Crippen LogP contribution in [0.1, 0.15) is 25.2 Å². The molecule has 21 heavy (non-hydrogen) atoms. The van der Waals surface area contributed by atoms with Crippen LogP contribution in [-0.2, 0) is 13.2 Å². The van der Waals surface area contributed by atoms with Crippen LogP contribution in [-0.4, -0.2) is 11.5 Å². The van der Waals surface area contributed by atoms with Crippen LogP contribution in [0.25, 0.3) is 0 Å². The van der Waals surface area contributed by atoms with Gasteiger partial charge in [0.1, 0.15) is 18.2 Å². The highest BCUT2D eigenvalue weighted by Gasteiger charge is 2.01. The largest absolute Gasteiger partial charge is 0.487 e. The summed E-state index contributed by atoms with van der Waals surface area (Å²) in [5, 5.41) is 3.36. The molecule has 0 fully saturated rings. The maximum atomic E-state index is 13.1. The van der Waals surface area contributed by atoms with Gasteiger partial charge in [0.25, 0.3) is 0 Å². The lowest BCUT2D eigenvalue weighted by atomic mass is 10.2. The number of nitrogens with zero attached hydrogens (tertiary/aromatic N) is 1. The van der Waals surface area contributed by atoms with Gasteiger partial charge in [-0.05, 0) is 36.7 Å². The molecule has 0 radical (unpaired) electrons. The lowest BCUT2D eigenvalue weighted by molar-refractivity contribution is 0.299. The lowest BCUT2D eigenvalue weighted by Gasteiger charge is -2.09. The van der Waals surface area contributed by atoms with E-state index in [1.54, 1.807) is 12.1 Å². The molecule has 3 nitrogen and oxygen atoms in total. The molecule has 1 N–H and O–H groups in total. The standard InChI is InChI=1S/C17H21FN2O/c1-13(2)10-19-11-15-6-4-7-16(20-15)12-21-17-8-3-5-14(18)9-17/h3-9,13,19H,10-12H2,1-2H3. The first-order chi connectivity index (χ1) is 10.1. The van der Waals surface area contributed by atoms with Crippen molar-refractivity contribution in [2.24, 2.45) is 5.92 Å². The average molecular weight is 288 g/mol. The number of benzene rings is 1. The Morgan fingerprint density at radius 1 is 1.14 bits per heavy atom.